The number of primary amides is 1. The summed E-state index contributed by atoms with van der Waals surface area (Å²) in [5.41, 5.74) is 8.20. The maximum absolute atomic E-state index is 14.4. The Morgan fingerprint density at radius 1 is 1.15 bits per heavy atom. The molecule has 2 amide bonds. The van der Waals surface area contributed by atoms with E-state index >= 15 is 0 Å². The second-order valence-corrected chi connectivity index (χ2v) is 6.40. The molecular formula is C20H19F2N3O2. The van der Waals surface area contributed by atoms with Crippen molar-refractivity contribution in [1.29, 1.82) is 0 Å². The van der Waals surface area contributed by atoms with Crippen LogP contribution in [0.5, 0.6) is 0 Å². The highest BCUT2D eigenvalue weighted by Gasteiger charge is 2.17. The number of benzene rings is 2. The number of halogens is 2. The van der Waals surface area contributed by atoms with E-state index in [1.54, 1.807) is 19.1 Å². The third-order valence-corrected chi connectivity index (χ3v) is 4.31. The number of aromatic amines is 1. The molecular weight excluding hydrogens is 352 g/mol. The molecule has 0 aliphatic carbocycles. The maximum Gasteiger partial charge on any atom is 0.236 e. The number of rotatable bonds is 6. The number of carbonyl (C=O) groups is 2. The number of hydrogen-bond donors (Lipinski definition) is 3. The Hall–Kier alpha value is -3.22. The van der Waals surface area contributed by atoms with Crippen LogP contribution in [0.2, 0.25) is 0 Å². The summed E-state index contributed by atoms with van der Waals surface area (Å²) in [5, 5.41) is 3.11. The summed E-state index contributed by atoms with van der Waals surface area (Å²) >= 11 is 0. The first kappa shape index (κ1) is 18.6. The van der Waals surface area contributed by atoms with Crippen LogP contribution < -0.4 is 11.1 Å². The summed E-state index contributed by atoms with van der Waals surface area (Å²) in [4.78, 5) is 25.8. The molecule has 4 N–H and O–H groups in total. The number of carbonyl (C=O) groups excluding carboxylic acids is 2. The zero-order valence-corrected chi connectivity index (χ0v) is 14.7. The number of aryl methyl sites for hydroxylation is 2. The van der Waals surface area contributed by atoms with Gasteiger partial charge in [-0.25, -0.2) is 8.78 Å². The van der Waals surface area contributed by atoms with Crippen LogP contribution in [0.15, 0.2) is 36.4 Å². The van der Waals surface area contributed by atoms with Crippen molar-refractivity contribution in [2.45, 2.75) is 19.8 Å². The molecule has 3 aromatic rings. The Morgan fingerprint density at radius 3 is 2.52 bits per heavy atom. The Bertz CT molecular complexity index is 1010. The highest BCUT2D eigenvalue weighted by molar-refractivity contribution is 5.92. The number of H-pyrrole nitrogens is 1. The first-order valence-corrected chi connectivity index (χ1v) is 8.47. The second kappa shape index (κ2) is 7.57. The molecule has 0 unspecified atom stereocenters. The number of fused-ring (bicyclic) bond motifs is 1. The minimum Gasteiger partial charge on any atom is -0.368 e. The van der Waals surface area contributed by atoms with E-state index in [0.717, 1.165) is 11.1 Å². The van der Waals surface area contributed by atoms with Gasteiger partial charge in [-0.1, -0.05) is 0 Å². The predicted octanol–water partition coefficient (Wildman–Crippen LogP) is 2.96. The van der Waals surface area contributed by atoms with Crippen LogP contribution in [0, 0.1) is 18.6 Å². The van der Waals surface area contributed by atoms with E-state index in [0.29, 0.717) is 28.6 Å². The number of hydrogen-bond acceptors (Lipinski definition) is 2. The average Bonchev–Trinajstić information content (AvgIpc) is 2.97. The van der Waals surface area contributed by atoms with Crippen molar-refractivity contribution in [3.63, 3.8) is 0 Å². The topological polar surface area (TPSA) is 88.0 Å². The fourth-order valence-electron chi connectivity index (χ4n) is 3.08. The van der Waals surface area contributed by atoms with Crippen molar-refractivity contribution < 1.29 is 18.4 Å². The number of aromatic nitrogens is 1. The first-order valence-electron chi connectivity index (χ1n) is 8.47. The number of nitrogens with one attached hydrogen (secondary N) is 2. The normalized spacial score (nSPS) is 10.9. The van der Waals surface area contributed by atoms with Gasteiger partial charge in [0, 0.05) is 17.5 Å². The van der Waals surface area contributed by atoms with Gasteiger partial charge in [0.05, 0.1) is 12.1 Å². The molecule has 1 aromatic heterocycles. The van der Waals surface area contributed by atoms with Gasteiger partial charge in [0.2, 0.25) is 11.8 Å². The van der Waals surface area contributed by atoms with Gasteiger partial charge in [-0.05, 0) is 66.4 Å². The molecule has 140 valence electrons. The number of amides is 2. The molecule has 27 heavy (non-hydrogen) atoms. The third kappa shape index (κ3) is 4.13. The van der Waals surface area contributed by atoms with E-state index in [4.69, 9.17) is 5.73 Å². The fourth-order valence-corrected chi connectivity index (χ4v) is 3.08. The Labute approximate surface area is 154 Å². The van der Waals surface area contributed by atoms with E-state index in [1.807, 2.05) is 6.07 Å². The lowest BCUT2D eigenvalue weighted by atomic mass is 10.00. The van der Waals surface area contributed by atoms with Crippen molar-refractivity contribution in [2.75, 3.05) is 6.54 Å². The molecule has 3 rings (SSSR count). The Balaban J connectivity index is 2.00. The standard InChI is InChI=1S/C20H19F2N3O2/c1-11-8-15-14(6-7-18(27)24-10-17(23)26)19(25-20(15)16(22)9-11)12-2-4-13(21)5-3-12/h2-5,8-9,25H,6-7,10H2,1H3,(H2,23,26)(H,24,27). The first-order chi connectivity index (χ1) is 12.8. The molecule has 7 heteroatoms. The summed E-state index contributed by atoms with van der Waals surface area (Å²) in [5.74, 6) is -1.72. The van der Waals surface area contributed by atoms with Crippen molar-refractivity contribution in [3.05, 3.63) is 59.2 Å². The highest BCUT2D eigenvalue weighted by atomic mass is 19.1. The van der Waals surface area contributed by atoms with Crippen molar-refractivity contribution in [3.8, 4) is 11.3 Å². The van der Waals surface area contributed by atoms with Gasteiger partial charge >= 0.3 is 0 Å². The monoisotopic (exact) mass is 371 g/mol. The molecule has 0 fully saturated rings. The summed E-state index contributed by atoms with van der Waals surface area (Å²) < 4.78 is 27.7. The smallest absolute Gasteiger partial charge is 0.236 e. The van der Waals surface area contributed by atoms with E-state index in [1.165, 1.54) is 18.2 Å². The Kier molecular flexibility index (Phi) is 5.21. The number of nitrogens with two attached hydrogens (primary N) is 1. The summed E-state index contributed by atoms with van der Waals surface area (Å²) in [6, 6.07) is 9.12. The Morgan fingerprint density at radius 2 is 1.85 bits per heavy atom. The minimum atomic E-state index is -0.625. The van der Waals surface area contributed by atoms with Gasteiger partial charge < -0.3 is 16.0 Å². The molecule has 5 nitrogen and oxygen atoms in total. The van der Waals surface area contributed by atoms with Crippen LogP contribution in [-0.2, 0) is 16.0 Å². The molecule has 2 aromatic carbocycles. The van der Waals surface area contributed by atoms with E-state index < -0.39 is 11.7 Å². The van der Waals surface area contributed by atoms with Crippen molar-refractivity contribution in [2.24, 2.45) is 5.73 Å². The third-order valence-electron chi connectivity index (χ3n) is 4.31. The van der Waals surface area contributed by atoms with Crippen LogP contribution in [0.4, 0.5) is 8.78 Å². The van der Waals surface area contributed by atoms with Crippen molar-refractivity contribution >= 4 is 22.7 Å². The quantitative estimate of drug-likeness (QED) is 0.622. The van der Waals surface area contributed by atoms with Crippen molar-refractivity contribution in [1.82, 2.24) is 10.3 Å². The van der Waals surface area contributed by atoms with E-state index in [9.17, 15) is 18.4 Å². The van der Waals surface area contributed by atoms with E-state index in [2.05, 4.69) is 10.3 Å². The molecule has 0 saturated carbocycles. The minimum absolute atomic E-state index is 0.101. The van der Waals surface area contributed by atoms with Crippen LogP contribution in [0.25, 0.3) is 22.2 Å². The summed E-state index contributed by atoms with van der Waals surface area (Å²) in [7, 11) is 0. The van der Waals surface area contributed by atoms with Gasteiger partial charge in [0.25, 0.3) is 0 Å². The molecule has 1 heterocycles. The fraction of sp³-hybridized carbons (Fsp3) is 0.200. The summed E-state index contributed by atoms with van der Waals surface area (Å²) in [6.07, 6.45) is 0.421. The maximum atomic E-state index is 14.4. The largest absolute Gasteiger partial charge is 0.368 e. The zero-order chi connectivity index (χ0) is 19.6. The van der Waals surface area contributed by atoms with Crippen LogP contribution >= 0.6 is 0 Å². The van der Waals surface area contributed by atoms with Crippen LogP contribution in [0.1, 0.15) is 17.5 Å². The molecule has 0 atom stereocenters. The molecule has 0 spiro atoms. The van der Waals surface area contributed by atoms with Gasteiger partial charge in [0.1, 0.15) is 11.6 Å². The molecule has 0 saturated heterocycles. The lowest BCUT2D eigenvalue weighted by molar-refractivity contribution is -0.124. The predicted molar refractivity (Wildman–Crippen MR) is 98.9 cm³/mol. The SMILES string of the molecule is Cc1cc(F)c2[nH]c(-c3ccc(F)cc3)c(CCC(=O)NCC(N)=O)c2c1. The molecule has 0 aliphatic rings. The van der Waals surface area contributed by atoms with Gasteiger partial charge in [-0.15, -0.1) is 0 Å². The lowest BCUT2D eigenvalue weighted by Crippen LogP contribution is -2.33. The lowest BCUT2D eigenvalue weighted by Gasteiger charge is -2.07. The average molecular weight is 371 g/mol. The second-order valence-electron chi connectivity index (χ2n) is 6.40. The molecule has 0 bridgehead atoms. The van der Waals surface area contributed by atoms with E-state index in [-0.39, 0.29) is 24.7 Å². The summed E-state index contributed by atoms with van der Waals surface area (Å²) in [6.45, 7) is 1.56. The van der Waals surface area contributed by atoms with Crippen LogP contribution in [0.3, 0.4) is 0 Å². The zero-order valence-electron chi connectivity index (χ0n) is 14.7. The van der Waals surface area contributed by atoms with Gasteiger partial charge in [-0.2, -0.15) is 0 Å². The molecule has 0 radical (unpaired) electrons. The highest BCUT2D eigenvalue weighted by Crippen LogP contribution is 2.33. The van der Waals surface area contributed by atoms with Crippen LogP contribution in [-0.4, -0.2) is 23.3 Å². The molecule has 0 aliphatic heterocycles. The van der Waals surface area contributed by atoms with Gasteiger partial charge in [0.15, 0.2) is 0 Å². The van der Waals surface area contributed by atoms with Gasteiger partial charge in [-0.3, -0.25) is 9.59 Å².